The Bertz CT molecular complexity index is 1190. The molecule has 2 heterocycles. The van der Waals surface area contributed by atoms with Crippen LogP contribution in [0.5, 0.6) is 0 Å². The summed E-state index contributed by atoms with van der Waals surface area (Å²) in [6.07, 6.45) is 1.72. The number of fused-ring (bicyclic) bond motifs is 1. The summed E-state index contributed by atoms with van der Waals surface area (Å²) in [5, 5.41) is 4.83. The van der Waals surface area contributed by atoms with E-state index in [0.717, 1.165) is 21.6 Å². The molecule has 5 nitrogen and oxygen atoms in total. The Balaban J connectivity index is 1.95. The van der Waals surface area contributed by atoms with Gasteiger partial charge < -0.3 is 4.57 Å². The monoisotopic (exact) mass is 382 g/mol. The third kappa shape index (κ3) is 3.21. The lowest BCUT2D eigenvalue weighted by atomic mass is 10.2. The van der Waals surface area contributed by atoms with E-state index in [1.165, 1.54) is 16.0 Å². The van der Waals surface area contributed by atoms with Crippen LogP contribution in [0.2, 0.25) is 5.02 Å². The van der Waals surface area contributed by atoms with Crippen molar-refractivity contribution >= 4 is 38.8 Å². The lowest BCUT2D eigenvalue weighted by Crippen LogP contribution is -2.19. The second-order valence-corrected chi connectivity index (χ2v) is 7.25. The van der Waals surface area contributed by atoms with Crippen molar-refractivity contribution in [1.29, 1.82) is 0 Å². The minimum atomic E-state index is -0.119. The van der Waals surface area contributed by atoms with Crippen LogP contribution in [0.15, 0.2) is 70.6 Å². The molecule has 4 aromatic rings. The predicted octanol–water partition coefficient (Wildman–Crippen LogP) is 3.73. The van der Waals surface area contributed by atoms with Crippen molar-refractivity contribution in [3.63, 3.8) is 0 Å². The SMILES string of the molecule is Cn1ncc2c(sc(=Nc3ccc(Cl)cc3)n2Cc2ccccc2)c1=O. The van der Waals surface area contributed by atoms with Crippen LogP contribution in [0.1, 0.15) is 5.56 Å². The van der Waals surface area contributed by atoms with Crippen LogP contribution in [0.4, 0.5) is 5.69 Å². The molecule has 0 radical (unpaired) electrons. The zero-order valence-electron chi connectivity index (χ0n) is 14.0. The second kappa shape index (κ2) is 6.90. The summed E-state index contributed by atoms with van der Waals surface area (Å²) < 4.78 is 4.02. The molecule has 0 aliphatic heterocycles. The van der Waals surface area contributed by atoms with Crippen LogP contribution in [0, 0.1) is 0 Å². The molecule has 7 heteroatoms. The maximum atomic E-state index is 12.5. The number of rotatable bonds is 3. The molecule has 0 spiro atoms. The topological polar surface area (TPSA) is 52.2 Å². The summed E-state index contributed by atoms with van der Waals surface area (Å²) in [5.41, 5.74) is 2.58. The normalized spacial score (nSPS) is 12.0. The van der Waals surface area contributed by atoms with Crippen LogP contribution in [0.3, 0.4) is 0 Å². The van der Waals surface area contributed by atoms with E-state index < -0.39 is 0 Å². The molecule has 0 N–H and O–H groups in total. The number of aromatic nitrogens is 3. The van der Waals surface area contributed by atoms with Gasteiger partial charge in [0.25, 0.3) is 5.56 Å². The van der Waals surface area contributed by atoms with Gasteiger partial charge in [0.15, 0.2) is 4.80 Å². The van der Waals surface area contributed by atoms with E-state index in [1.807, 2.05) is 34.9 Å². The number of halogens is 1. The van der Waals surface area contributed by atoms with E-state index >= 15 is 0 Å². The van der Waals surface area contributed by atoms with Crippen LogP contribution in [0.25, 0.3) is 10.2 Å². The van der Waals surface area contributed by atoms with Gasteiger partial charge in [-0.25, -0.2) is 9.67 Å². The van der Waals surface area contributed by atoms with Gasteiger partial charge >= 0.3 is 0 Å². The number of nitrogens with zero attached hydrogens (tertiary/aromatic N) is 4. The standard InChI is InChI=1S/C19H15ClN4OS/c1-23-18(25)17-16(11-21-23)24(12-13-5-3-2-4-6-13)19(26-17)22-15-9-7-14(20)8-10-15/h2-11H,12H2,1H3. The minimum Gasteiger partial charge on any atom is -0.310 e. The van der Waals surface area contributed by atoms with E-state index in [0.29, 0.717) is 16.3 Å². The molecular weight excluding hydrogens is 368 g/mol. The molecule has 0 bridgehead atoms. The summed E-state index contributed by atoms with van der Waals surface area (Å²) >= 11 is 7.33. The highest BCUT2D eigenvalue weighted by molar-refractivity contribution is 7.16. The van der Waals surface area contributed by atoms with Crippen LogP contribution in [-0.4, -0.2) is 14.3 Å². The Kier molecular flexibility index (Phi) is 4.44. The maximum Gasteiger partial charge on any atom is 0.286 e. The summed E-state index contributed by atoms with van der Waals surface area (Å²) in [6, 6.07) is 17.4. The Morgan fingerprint density at radius 1 is 1.12 bits per heavy atom. The van der Waals surface area contributed by atoms with Gasteiger partial charge in [0.05, 0.1) is 23.9 Å². The third-order valence-electron chi connectivity index (χ3n) is 4.02. The smallest absolute Gasteiger partial charge is 0.286 e. The Morgan fingerprint density at radius 3 is 2.58 bits per heavy atom. The average Bonchev–Trinajstić information content (AvgIpc) is 2.99. The van der Waals surface area contributed by atoms with E-state index in [2.05, 4.69) is 17.2 Å². The van der Waals surface area contributed by atoms with Crippen molar-refractivity contribution in [2.75, 3.05) is 0 Å². The van der Waals surface area contributed by atoms with Gasteiger partial charge in [0, 0.05) is 12.1 Å². The minimum absolute atomic E-state index is 0.119. The van der Waals surface area contributed by atoms with Gasteiger partial charge in [-0.15, -0.1) is 0 Å². The average molecular weight is 383 g/mol. The summed E-state index contributed by atoms with van der Waals surface area (Å²) in [4.78, 5) is 18.0. The second-order valence-electron chi connectivity index (χ2n) is 5.83. The molecule has 130 valence electrons. The van der Waals surface area contributed by atoms with Gasteiger partial charge in [-0.1, -0.05) is 53.3 Å². The van der Waals surface area contributed by atoms with Crippen molar-refractivity contribution < 1.29 is 0 Å². The summed E-state index contributed by atoms with van der Waals surface area (Å²) in [6.45, 7) is 0.613. The number of aryl methyl sites for hydroxylation is 1. The molecule has 0 unspecified atom stereocenters. The number of hydrogen-bond acceptors (Lipinski definition) is 4. The lowest BCUT2D eigenvalue weighted by molar-refractivity contribution is 0.712. The van der Waals surface area contributed by atoms with Crippen molar-refractivity contribution in [3.8, 4) is 0 Å². The molecule has 0 atom stereocenters. The molecule has 2 aromatic carbocycles. The third-order valence-corrected chi connectivity index (χ3v) is 5.36. The Morgan fingerprint density at radius 2 is 1.85 bits per heavy atom. The number of hydrogen-bond donors (Lipinski definition) is 0. The van der Waals surface area contributed by atoms with Crippen LogP contribution >= 0.6 is 22.9 Å². The van der Waals surface area contributed by atoms with Crippen LogP contribution < -0.4 is 10.4 Å². The van der Waals surface area contributed by atoms with Gasteiger partial charge in [-0.2, -0.15) is 5.10 Å². The molecule has 4 rings (SSSR count). The first kappa shape index (κ1) is 16.8. The van der Waals surface area contributed by atoms with Crippen molar-refractivity contribution in [3.05, 3.63) is 86.5 Å². The fraction of sp³-hybridized carbons (Fsp3) is 0.105. The van der Waals surface area contributed by atoms with Crippen molar-refractivity contribution in [2.24, 2.45) is 12.0 Å². The molecule has 0 fully saturated rings. The largest absolute Gasteiger partial charge is 0.310 e. The van der Waals surface area contributed by atoms with Gasteiger partial charge in [0.2, 0.25) is 0 Å². The molecule has 0 aliphatic rings. The van der Waals surface area contributed by atoms with Crippen molar-refractivity contribution in [2.45, 2.75) is 6.54 Å². The van der Waals surface area contributed by atoms with E-state index in [-0.39, 0.29) is 5.56 Å². The van der Waals surface area contributed by atoms with Gasteiger partial charge in [-0.3, -0.25) is 4.79 Å². The molecular formula is C19H15ClN4OS. The fourth-order valence-corrected chi connectivity index (χ4v) is 3.89. The fourth-order valence-electron chi connectivity index (χ4n) is 2.67. The summed E-state index contributed by atoms with van der Waals surface area (Å²) in [7, 11) is 1.65. The highest BCUT2D eigenvalue weighted by Crippen LogP contribution is 2.18. The molecule has 0 saturated carbocycles. The van der Waals surface area contributed by atoms with Gasteiger partial charge in [-0.05, 0) is 29.8 Å². The van der Waals surface area contributed by atoms with E-state index in [9.17, 15) is 4.79 Å². The van der Waals surface area contributed by atoms with Crippen LogP contribution in [-0.2, 0) is 13.6 Å². The Labute approximate surface area is 158 Å². The highest BCUT2D eigenvalue weighted by atomic mass is 35.5. The van der Waals surface area contributed by atoms with Gasteiger partial charge in [0.1, 0.15) is 4.70 Å². The summed E-state index contributed by atoms with van der Waals surface area (Å²) in [5.74, 6) is 0. The molecule has 26 heavy (non-hydrogen) atoms. The van der Waals surface area contributed by atoms with E-state index in [4.69, 9.17) is 16.6 Å². The quantitative estimate of drug-likeness (QED) is 0.542. The lowest BCUT2D eigenvalue weighted by Gasteiger charge is -2.05. The molecule has 0 amide bonds. The highest BCUT2D eigenvalue weighted by Gasteiger charge is 2.12. The molecule has 2 aromatic heterocycles. The molecule has 0 saturated heterocycles. The van der Waals surface area contributed by atoms with E-state index in [1.54, 1.807) is 25.4 Å². The zero-order valence-corrected chi connectivity index (χ0v) is 15.5. The Hall–Kier alpha value is -2.70. The zero-order chi connectivity index (χ0) is 18.1. The van der Waals surface area contributed by atoms with Crippen molar-refractivity contribution in [1.82, 2.24) is 14.3 Å². The number of benzene rings is 2. The first-order valence-electron chi connectivity index (χ1n) is 8.02. The first-order valence-corrected chi connectivity index (χ1v) is 9.21. The molecule has 0 aliphatic carbocycles. The first-order chi connectivity index (χ1) is 12.6. The number of thiazole rings is 1. The maximum absolute atomic E-state index is 12.5. The predicted molar refractivity (Wildman–Crippen MR) is 105 cm³/mol.